The molecular formula is C7H15NS2. The predicted octanol–water partition coefficient (Wildman–Crippen LogP) is 1.67. The van der Waals surface area contributed by atoms with Gasteiger partial charge in [-0.05, 0) is 0 Å². The molecule has 1 aliphatic rings. The molecule has 0 fully saturated rings. The zero-order valence-corrected chi connectivity index (χ0v) is 8.48. The van der Waals surface area contributed by atoms with Crippen molar-refractivity contribution < 1.29 is 0 Å². The second-order valence-electron chi connectivity index (χ2n) is 3.44. The maximum absolute atomic E-state index is 4.40. The van der Waals surface area contributed by atoms with E-state index in [4.69, 9.17) is 0 Å². The van der Waals surface area contributed by atoms with Crippen molar-refractivity contribution in [3.63, 3.8) is 0 Å². The minimum absolute atomic E-state index is 0.380. The average molecular weight is 177 g/mol. The Balaban J connectivity index is 2.81. The summed E-state index contributed by atoms with van der Waals surface area (Å²) in [5.41, 5.74) is 0. The number of hydrogen-bond acceptors (Lipinski definition) is 1. The van der Waals surface area contributed by atoms with E-state index >= 15 is 0 Å². The Labute approximate surface area is 70.9 Å². The molecule has 1 unspecified atom stereocenters. The summed E-state index contributed by atoms with van der Waals surface area (Å²) in [6.07, 6.45) is 0. The van der Waals surface area contributed by atoms with Gasteiger partial charge in [-0.15, -0.1) is 12.6 Å². The summed E-state index contributed by atoms with van der Waals surface area (Å²) in [5.74, 6) is 1.27. The molecule has 0 spiro atoms. The van der Waals surface area contributed by atoms with Crippen LogP contribution in [0.1, 0.15) is 20.8 Å². The Bertz CT molecular complexity index is 167. The summed E-state index contributed by atoms with van der Waals surface area (Å²) < 4.78 is 1.60. The van der Waals surface area contributed by atoms with Crippen LogP contribution in [0, 0.1) is 0 Å². The molecule has 0 aromatic heterocycles. The minimum atomic E-state index is 0.380. The van der Waals surface area contributed by atoms with Gasteiger partial charge in [-0.1, -0.05) is 20.8 Å². The van der Waals surface area contributed by atoms with Crippen LogP contribution in [0.3, 0.4) is 0 Å². The average Bonchev–Trinajstić information content (AvgIpc) is 2.11. The maximum Gasteiger partial charge on any atom is 0.0706 e. The lowest BCUT2D eigenvalue weighted by molar-refractivity contribution is 0.801. The number of hydrogen-bond donors (Lipinski definition) is 2. The Kier molecular flexibility index (Phi) is 2.48. The fourth-order valence-corrected chi connectivity index (χ4v) is 4.22. The lowest BCUT2D eigenvalue weighted by Gasteiger charge is -2.21. The van der Waals surface area contributed by atoms with Crippen LogP contribution in [0.5, 0.6) is 0 Å². The van der Waals surface area contributed by atoms with E-state index in [1.165, 1.54) is 10.1 Å². The van der Waals surface area contributed by atoms with Crippen LogP contribution in [0.15, 0.2) is 0 Å². The van der Waals surface area contributed by atoms with E-state index in [1.807, 2.05) is 0 Å². The highest BCUT2D eigenvalue weighted by molar-refractivity contribution is 8.28. The molecule has 60 valence electrons. The lowest BCUT2D eigenvalue weighted by Crippen LogP contribution is -2.14. The van der Waals surface area contributed by atoms with Crippen LogP contribution in [-0.4, -0.2) is 21.4 Å². The molecule has 1 aliphatic heterocycles. The Morgan fingerprint density at radius 3 is 2.30 bits per heavy atom. The predicted molar refractivity (Wildman–Crippen MR) is 54.2 cm³/mol. The number of thiol groups is 1. The molecule has 3 heteroatoms. The van der Waals surface area contributed by atoms with Crippen molar-refractivity contribution in [3.05, 3.63) is 0 Å². The highest BCUT2D eigenvalue weighted by Gasteiger charge is 2.21. The second-order valence-corrected chi connectivity index (χ2v) is 7.01. The van der Waals surface area contributed by atoms with Gasteiger partial charge in [0.1, 0.15) is 0 Å². The van der Waals surface area contributed by atoms with Crippen LogP contribution in [-0.2, 0) is 0 Å². The highest BCUT2D eigenvalue weighted by atomic mass is 32.2. The summed E-state index contributed by atoms with van der Waals surface area (Å²) in [6, 6.07) is 0. The van der Waals surface area contributed by atoms with E-state index in [0.29, 0.717) is 15.2 Å². The summed E-state index contributed by atoms with van der Waals surface area (Å²) >= 11 is 4.40. The fraction of sp³-hybridized carbons (Fsp3) is 0.857. The van der Waals surface area contributed by atoms with Crippen molar-refractivity contribution in [1.29, 1.82) is 0 Å². The molecule has 0 amide bonds. The molecule has 1 rings (SSSR count). The van der Waals surface area contributed by atoms with Gasteiger partial charge in [0.2, 0.25) is 0 Å². The molecule has 1 nitrogen and oxygen atoms in total. The van der Waals surface area contributed by atoms with Gasteiger partial charge in [-0.3, -0.25) is 5.32 Å². The first-order valence-corrected chi connectivity index (χ1v) is 5.37. The SMILES string of the molecule is CC(C)(C)S1=C(S)NCC1. The molecule has 0 saturated carbocycles. The normalized spacial score (nSPS) is 27.6. The van der Waals surface area contributed by atoms with Gasteiger partial charge in [-0.2, -0.15) is 10.5 Å². The maximum atomic E-state index is 4.40. The van der Waals surface area contributed by atoms with E-state index in [1.54, 1.807) is 0 Å². The molecule has 0 aromatic rings. The number of nitrogens with one attached hydrogen (secondary N) is 1. The smallest absolute Gasteiger partial charge is 0.0706 e. The van der Waals surface area contributed by atoms with E-state index < -0.39 is 0 Å². The summed E-state index contributed by atoms with van der Waals surface area (Å²) in [4.78, 5) is 0. The van der Waals surface area contributed by atoms with Crippen molar-refractivity contribution in [1.82, 2.24) is 5.32 Å². The molecule has 0 radical (unpaired) electrons. The molecular weight excluding hydrogens is 162 g/mol. The van der Waals surface area contributed by atoms with Crippen LogP contribution in [0.25, 0.3) is 0 Å². The van der Waals surface area contributed by atoms with Crippen LogP contribution in [0.2, 0.25) is 0 Å². The van der Waals surface area contributed by atoms with E-state index in [0.717, 1.165) is 6.54 Å². The molecule has 0 aromatic carbocycles. The standard InChI is InChI=1S/C7H15NS2/c1-7(2,3)10-5-4-8-6(10)9/h8-9H,4-5H2,1-3H3. The van der Waals surface area contributed by atoms with E-state index in [2.05, 4.69) is 38.7 Å². The second kappa shape index (κ2) is 2.88. The van der Waals surface area contributed by atoms with Crippen molar-refractivity contribution >= 4 is 27.4 Å². The Morgan fingerprint density at radius 1 is 1.50 bits per heavy atom. The van der Waals surface area contributed by atoms with Gasteiger partial charge in [0, 0.05) is 17.0 Å². The fourth-order valence-electron chi connectivity index (χ4n) is 1.04. The largest absolute Gasteiger partial charge is 0.278 e. The van der Waals surface area contributed by atoms with Crippen LogP contribution >= 0.6 is 23.1 Å². The third-order valence-corrected chi connectivity index (χ3v) is 5.08. The summed E-state index contributed by atoms with van der Waals surface area (Å²) in [5, 5.41) is 3.27. The molecule has 1 heterocycles. The van der Waals surface area contributed by atoms with Crippen LogP contribution in [0.4, 0.5) is 0 Å². The molecule has 10 heavy (non-hydrogen) atoms. The number of rotatable bonds is 0. The zero-order chi connectivity index (χ0) is 7.78. The van der Waals surface area contributed by atoms with Gasteiger partial charge in [0.25, 0.3) is 0 Å². The quantitative estimate of drug-likeness (QED) is 0.424. The van der Waals surface area contributed by atoms with Crippen molar-refractivity contribution in [2.75, 3.05) is 12.3 Å². The first-order chi connectivity index (χ1) is 4.52. The monoisotopic (exact) mass is 177 g/mol. The van der Waals surface area contributed by atoms with Gasteiger partial charge in [0.15, 0.2) is 0 Å². The van der Waals surface area contributed by atoms with Gasteiger partial charge >= 0.3 is 0 Å². The van der Waals surface area contributed by atoms with Crippen molar-refractivity contribution in [2.24, 2.45) is 0 Å². The lowest BCUT2D eigenvalue weighted by atomic mass is 10.3. The minimum Gasteiger partial charge on any atom is -0.278 e. The first-order valence-electron chi connectivity index (χ1n) is 3.52. The molecule has 0 saturated heterocycles. The first kappa shape index (κ1) is 8.62. The molecule has 1 N–H and O–H groups in total. The Morgan fingerprint density at radius 2 is 2.10 bits per heavy atom. The van der Waals surface area contributed by atoms with Crippen LogP contribution < -0.4 is 5.32 Å². The third kappa shape index (κ3) is 1.77. The summed E-state index contributed by atoms with van der Waals surface area (Å²) in [7, 11) is 0.380. The van der Waals surface area contributed by atoms with Gasteiger partial charge in [0.05, 0.1) is 4.32 Å². The zero-order valence-electron chi connectivity index (χ0n) is 6.77. The molecule has 0 aliphatic carbocycles. The summed E-state index contributed by atoms with van der Waals surface area (Å²) in [6.45, 7) is 7.94. The van der Waals surface area contributed by atoms with Gasteiger partial charge in [-0.25, -0.2) is 0 Å². The van der Waals surface area contributed by atoms with E-state index in [9.17, 15) is 0 Å². The molecule has 0 bridgehead atoms. The highest BCUT2D eigenvalue weighted by Crippen LogP contribution is 2.35. The topological polar surface area (TPSA) is 12.0 Å². The third-order valence-electron chi connectivity index (χ3n) is 1.56. The van der Waals surface area contributed by atoms with Gasteiger partial charge < -0.3 is 0 Å². The van der Waals surface area contributed by atoms with Crippen molar-refractivity contribution in [2.45, 2.75) is 25.5 Å². The molecule has 1 atom stereocenters. The Hall–Kier alpha value is 0.530. The van der Waals surface area contributed by atoms with E-state index in [-0.39, 0.29) is 0 Å². The van der Waals surface area contributed by atoms with Crippen molar-refractivity contribution in [3.8, 4) is 0 Å².